The van der Waals surface area contributed by atoms with Crippen molar-refractivity contribution in [1.82, 2.24) is 0 Å². The summed E-state index contributed by atoms with van der Waals surface area (Å²) in [5, 5.41) is 20.1. The number of ether oxygens (including phenoxy) is 4. The van der Waals surface area contributed by atoms with Crippen molar-refractivity contribution >= 4 is 58.3 Å². The molecule has 39 heavy (non-hydrogen) atoms. The van der Waals surface area contributed by atoms with Gasteiger partial charge < -0.3 is 29.2 Å². The summed E-state index contributed by atoms with van der Waals surface area (Å²) >= 11 is 26.3. The van der Waals surface area contributed by atoms with Crippen molar-refractivity contribution in [1.29, 1.82) is 0 Å². The number of carbonyl (C=O) groups is 2. The molecule has 0 saturated carbocycles. The van der Waals surface area contributed by atoms with Crippen LogP contribution >= 0.6 is 46.4 Å². The van der Waals surface area contributed by atoms with E-state index in [1.165, 1.54) is 0 Å². The summed E-state index contributed by atoms with van der Waals surface area (Å²) in [6.45, 7) is 9.36. The zero-order valence-electron chi connectivity index (χ0n) is 21.2. The van der Waals surface area contributed by atoms with E-state index in [0.29, 0.717) is 11.3 Å². The van der Waals surface area contributed by atoms with Crippen LogP contribution in [0.5, 0.6) is 11.5 Å². The molecule has 0 heterocycles. The van der Waals surface area contributed by atoms with Gasteiger partial charge in [-0.2, -0.15) is 0 Å². The highest BCUT2D eigenvalue weighted by Crippen LogP contribution is 2.51. The van der Waals surface area contributed by atoms with Gasteiger partial charge in [0.2, 0.25) is 0 Å². The molecule has 2 aromatic carbocycles. The van der Waals surface area contributed by atoms with Crippen LogP contribution in [0.3, 0.4) is 0 Å². The molecular formula is C27H28Cl4O8. The highest BCUT2D eigenvalue weighted by atomic mass is 35.5. The van der Waals surface area contributed by atoms with E-state index < -0.39 is 29.6 Å². The van der Waals surface area contributed by atoms with Gasteiger partial charge >= 0.3 is 11.9 Å². The smallest absolute Gasteiger partial charge is 0.330 e. The van der Waals surface area contributed by atoms with Crippen LogP contribution in [0.15, 0.2) is 49.6 Å². The van der Waals surface area contributed by atoms with Crippen LogP contribution < -0.4 is 9.47 Å². The van der Waals surface area contributed by atoms with Crippen molar-refractivity contribution in [2.75, 3.05) is 26.4 Å². The van der Waals surface area contributed by atoms with Crippen LogP contribution in [0.1, 0.15) is 25.0 Å². The largest absolute Gasteiger partial charge is 0.491 e. The first-order chi connectivity index (χ1) is 18.3. The molecule has 0 aromatic heterocycles. The zero-order valence-corrected chi connectivity index (χ0v) is 24.2. The number of aliphatic hydroxyl groups excluding tert-OH is 2. The molecule has 0 radical (unpaired) electrons. The van der Waals surface area contributed by atoms with Gasteiger partial charge in [-0.15, -0.1) is 0 Å². The molecule has 2 atom stereocenters. The Bertz CT molecular complexity index is 1170. The summed E-state index contributed by atoms with van der Waals surface area (Å²) < 4.78 is 20.7. The Morgan fingerprint density at radius 2 is 1.23 bits per heavy atom. The summed E-state index contributed by atoms with van der Waals surface area (Å²) in [5.41, 5.74) is 0.455. The average Bonchev–Trinajstić information content (AvgIpc) is 2.92. The number of aliphatic hydroxyl groups is 2. The molecule has 8 nitrogen and oxygen atoms in total. The van der Waals surface area contributed by atoms with E-state index in [4.69, 9.17) is 65.4 Å². The van der Waals surface area contributed by atoms with Crippen LogP contribution in [0.2, 0.25) is 20.1 Å². The number of hydrogen-bond donors (Lipinski definition) is 2. The lowest BCUT2D eigenvalue weighted by Crippen LogP contribution is -2.25. The molecule has 0 aliphatic heterocycles. The van der Waals surface area contributed by atoms with E-state index >= 15 is 0 Å². The fraction of sp³-hybridized carbons (Fsp3) is 0.333. The number of esters is 2. The molecule has 0 bridgehead atoms. The predicted octanol–water partition coefficient (Wildman–Crippen LogP) is 5.56. The van der Waals surface area contributed by atoms with Gasteiger partial charge in [0.15, 0.2) is 5.75 Å². The van der Waals surface area contributed by atoms with Gasteiger partial charge in [0.05, 0.1) is 10.0 Å². The van der Waals surface area contributed by atoms with E-state index in [1.807, 2.05) is 13.8 Å². The van der Waals surface area contributed by atoms with Crippen LogP contribution in [0, 0.1) is 0 Å². The third kappa shape index (κ3) is 8.76. The molecule has 212 valence electrons. The summed E-state index contributed by atoms with van der Waals surface area (Å²) in [6.07, 6.45) is -0.210. The maximum atomic E-state index is 11.2. The Morgan fingerprint density at radius 1 is 0.795 bits per heavy atom. The lowest BCUT2D eigenvalue weighted by atomic mass is 9.78. The normalized spacial score (nSPS) is 12.7. The van der Waals surface area contributed by atoms with Gasteiger partial charge in [0.25, 0.3) is 0 Å². The molecular weight excluding hydrogens is 594 g/mol. The second kappa shape index (κ2) is 14.8. The highest BCUT2D eigenvalue weighted by Gasteiger charge is 2.33. The molecule has 12 heteroatoms. The minimum atomic E-state index is -1.17. The average molecular weight is 622 g/mol. The second-order valence-corrected chi connectivity index (χ2v) is 10.2. The zero-order chi connectivity index (χ0) is 29.3. The second-order valence-electron chi connectivity index (χ2n) is 8.71. The van der Waals surface area contributed by atoms with Crippen molar-refractivity contribution in [3.63, 3.8) is 0 Å². The van der Waals surface area contributed by atoms with Crippen LogP contribution in [-0.4, -0.2) is 60.8 Å². The fourth-order valence-electron chi connectivity index (χ4n) is 3.34. The standard InChI is InChI=1S/C27H28Cl4O8/c1-5-19(34)37-12-16(32)11-36-18-9-7-15(8-10-18)27(3,4)21-22(28)24(30)26(25(31)23(21)29)39-14-17(33)13-38-20(35)6-2/h5-10,16-17,32-33H,1-2,11-14H2,3-4H3. The number of rotatable bonds is 14. The Morgan fingerprint density at radius 3 is 1.67 bits per heavy atom. The lowest BCUT2D eigenvalue weighted by Gasteiger charge is -2.30. The molecule has 0 fully saturated rings. The van der Waals surface area contributed by atoms with E-state index in [0.717, 1.165) is 17.7 Å². The van der Waals surface area contributed by atoms with Crippen LogP contribution in [-0.2, 0) is 24.5 Å². The first-order valence-electron chi connectivity index (χ1n) is 11.5. The van der Waals surface area contributed by atoms with Gasteiger partial charge in [0.1, 0.15) is 54.4 Å². The first-order valence-corrected chi connectivity index (χ1v) is 13.0. The minimum Gasteiger partial charge on any atom is -0.491 e. The monoisotopic (exact) mass is 620 g/mol. The number of benzene rings is 2. The molecule has 2 aromatic rings. The molecule has 0 aliphatic rings. The predicted molar refractivity (Wildman–Crippen MR) is 150 cm³/mol. The van der Waals surface area contributed by atoms with E-state index in [9.17, 15) is 19.8 Å². The fourth-order valence-corrected chi connectivity index (χ4v) is 4.76. The van der Waals surface area contributed by atoms with Crippen molar-refractivity contribution in [2.45, 2.75) is 31.5 Å². The molecule has 0 aliphatic carbocycles. The van der Waals surface area contributed by atoms with E-state index in [-0.39, 0.29) is 52.3 Å². The van der Waals surface area contributed by atoms with Gasteiger partial charge in [-0.1, -0.05) is 85.5 Å². The Balaban J connectivity index is 2.18. The number of halogens is 4. The SMILES string of the molecule is C=CC(=O)OCC(O)COc1ccc(C(C)(C)c2c(Cl)c(Cl)c(OCC(O)COC(=O)C=C)c(Cl)c2Cl)cc1. The topological polar surface area (TPSA) is 112 Å². The van der Waals surface area contributed by atoms with Crippen molar-refractivity contribution < 1.29 is 38.7 Å². The molecule has 0 spiro atoms. The van der Waals surface area contributed by atoms with E-state index in [2.05, 4.69) is 13.2 Å². The maximum Gasteiger partial charge on any atom is 0.330 e. The lowest BCUT2D eigenvalue weighted by molar-refractivity contribution is -0.142. The van der Waals surface area contributed by atoms with E-state index in [1.54, 1.807) is 24.3 Å². The van der Waals surface area contributed by atoms with Crippen LogP contribution in [0.4, 0.5) is 0 Å². The van der Waals surface area contributed by atoms with Crippen molar-refractivity contribution in [2.24, 2.45) is 0 Å². The van der Waals surface area contributed by atoms with Gasteiger partial charge in [-0.05, 0) is 17.7 Å². The Labute approximate surface area is 246 Å². The summed E-state index contributed by atoms with van der Waals surface area (Å²) in [6, 6.07) is 6.98. The number of carbonyl (C=O) groups excluding carboxylic acids is 2. The van der Waals surface area contributed by atoms with Gasteiger partial charge in [-0.25, -0.2) is 9.59 Å². The highest BCUT2D eigenvalue weighted by molar-refractivity contribution is 6.49. The summed E-state index contributed by atoms with van der Waals surface area (Å²) in [7, 11) is 0. The quantitative estimate of drug-likeness (QED) is 0.160. The minimum absolute atomic E-state index is 0.00414. The van der Waals surface area contributed by atoms with Gasteiger partial charge in [0, 0.05) is 23.1 Å². The summed E-state index contributed by atoms with van der Waals surface area (Å²) in [4.78, 5) is 22.3. The molecule has 0 saturated heterocycles. The molecule has 2 unspecified atom stereocenters. The van der Waals surface area contributed by atoms with Crippen molar-refractivity contribution in [3.8, 4) is 11.5 Å². The Kier molecular flexibility index (Phi) is 12.4. The first kappa shape index (κ1) is 32.8. The summed E-state index contributed by atoms with van der Waals surface area (Å²) in [5.74, 6) is -0.880. The molecule has 2 rings (SSSR count). The molecule has 2 N–H and O–H groups in total. The third-order valence-corrected chi connectivity index (χ3v) is 7.13. The van der Waals surface area contributed by atoms with Crippen LogP contribution in [0.25, 0.3) is 0 Å². The maximum absolute atomic E-state index is 11.2. The van der Waals surface area contributed by atoms with Gasteiger partial charge in [-0.3, -0.25) is 0 Å². The number of hydrogen-bond acceptors (Lipinski definition) is 8. The Hall–Kier alpha value is -2.46. The molecule has 0 amide bonds. The van der Waals surface area contributed by atoms with Crippen molar-refractivity contribution in [3.05, 3.63) is 80.8 Å². The third-order valence-electron chi connectivity index (χ3n) is 5.46.